The Balaban J connectivity index is 3.35. The molecule has 0 fully saturated rings. The van der Waals surface area contributed by atoms with Gasteiger partial charge in [-0.1, -0.05) is 17.6 Å². The monoisotopic (exact) mass is 210 g/mol. The van der Waals surface area contributed by atoms with E-state index in [9.17, 15) is 9.90 Å². The van der Waals surface area contributed by atoms with E-state index >= 15 is 0 Å². The summed E-state index contributed by atoms with van der Waals surface area (Å²) >= 11 is 3.05. The van der Waals surface area contributed by atoms with Crippen LogP contribution in [0, 0.1) is 0 Å². The van der Waals surface area contributed by atoms with Crippen LogP contribution in [0.2, 0.25) is 0 Å². The first-order valence-corrected chi connectivity index (χ1v) is 3.67. The Bertz CT molecular complexity index is 299. The quantitative estimate of drug-likeness (QED) is 0.549. The summed E-state index contributed by atoms with van der Waals surface area (Å²) in [4.78, 5) is 10.3. The highest BCUT2D eigenvalue weighted by Gasteiger charge is 2.03. The van der Waals surface area contributed by atoms with Crippen LogP contribution in [0.1, 0.15) is 10.4 Å². The van der Waals surface area contributed by atoms with Gasteiger partial charge in [-0.3, -0.25) is 4.79 Å². The summed E-state index contributed by atoms with van der Waals surface area (Å²) in [5.74, 6) is -0.0748. The fraction of sp³-hybridized carbons (Fsp3) is 0. The number of aromatic hydroxyl groups is 1. The molecule has 0 heterocycles. The fourth-order valence-corrected chi connectivity index (χ4v) is 1.23. The van der Waals surface area contributed by atoms with E-state index in [4.69, 9.17) is 7.85 Å². The average molecular weight is 211 g/mol. The summed E-state index contributed by atoms with van der Waals surface area (Å²) in [7, 11) is 5.40. The highest BCUT2D eigenvalue weighted by Crippen LogP contribution is 2.24. The Morgan fingerprint density at radius 2 is 2.18 bits per heavy atom. The number of halogens is 1. The molecule has 0 aromatic heterocycles. The molecule has 0 unspecified atom stereocenters. The number of carbonyl (C=O) groups is 1. The Labute approximate surface area is 73.8 Å². The molecule has 0 amide bonds. The molecule has 0 aliphatic rings. The van der Waals surface area contributed by atoms with Crippen LogP contribution in [-0.4, -0.2) is 19.2 Å². The largest absolute Gasteiger partial charge is 0.506 e. The summed E-state index contributed by atoms with van der Waals surface area (Å²) in [6.07, 6.45) is 0.552. The van der Waals surface area contributed by atoms with Gasteiger partial charge in [-0.2, -0.15) is 0 Å². The van der Waals surface area contributed by atoms with Gasteiger partial charge in [-0.05, 0) is 15.9 Å². The smallest absolute Gasteiger partial charge is 0.153 e. The first kappa shape index (κ1) is 8.33. The summed E-state index contributed by atoms with van der Waals surface area (Å²) in [5.41, 5.74) is 0.633. The Hall–Kier alpha value is -0.765. The van der Waals surface area contributed by atoms with Crippen molar-refractivity contribution in [1.29, 1.82) is 0 Å². The lowest BCUT2D eigenvalue weighted by molar-refractivity contribution is 0.112. The van der Waals surface area contributed by atoms with E-state index in [2.05, 4.69) is 15.9 Å². The number of rotatable bonds is 1. The van der Waals surface area contributed by atoms with Crippen LogP contribution in [0.3, 0.4) is 0 Å². The number of hydrogen-bond donors (Lipinski definition) is 1. The van der Waals surface area contributed by atoms with Crippen molar-refractivity contribution in [2.75, 3.05) is 0 Å². The van der Waals surface area contributed by atoms with E-state index in [-0.39, 0.29) is 11.3 Å². The van der Waals surface area contributed by atoms with Crippen LogP contribution in [0.25, 0.3) is 0 Å². The van der Waals surface area contributed by atoms with Crippen LogP contribution < -0.4 is 5.46 Å². The van der Waals surface area contributed by atoms with Gasteiger partial charge in [0, 0.05) is 0 Å². The summed E-state index contributed by atoms with van der Waals surface area (Å²) < 4.78 is 0.430. The van der Waals surface area contributed by atoms with Gasteiger partial charge >= 0.3 is 0 Å². The Kier molecular flexibility index (Phi) is 2.34. The molecule has 0 atom stereocenters. The van der Waals surface area contributed by atoms with E-state index in [1.165, 1.54) is 12.1 Å². The average Bonchev–Trinajstić information content (AvgIpc) is 1.96. The molecule has 0 bridgehead atoms. The maximum absolute atomic E-state index is 10.3. The summed E-state index contributed by atoms with van der Waals surface area (Å²) in [5, 5.41) is 9.19. The third-order valence-corrected chi connectivity index (χ3v) is 1.85. The first-order chi connectivity index (χ1) is 5.15. The number of carbonyl (C=O) groups excluding carboxylic acids is 1. The minimum atomic E-state index is -0.0748. The molecule has 11 heavy (non-hydrogen) atoms. The highest BCUT2D eigenvalue weighted by atomic mass is 79.9. The third-order valence-electron chi connectivity index (χ3n) is 1.24. The van der Waals surface area contributed by atoms with Gasteiger partial charge in [0.2, 0.25) is 0 Å². The lowest BCUT2D eigenvalue weighted by atomic mass is 9.94. The molecule has 0 aliphatic carbocycles. The van der Waals surface area contributed by atoms with Gasteiger partial charge in [0.1, 0.15) is 13.6 Å². The first-order valence-electron chi connectivity index (χ1n) is 2.88. The van der Waals surface area contributed by atoms with Gasteiger partial charge in [0.05, 0.1) is 10.0 Å². The van der Waals surface area contributed by atoms with Gasteiger partial charge in [0.25, 0.3) is 0 Å². The standard InChI is InChI=1S/C7H4BBrO2/c8-5-1-4(3-10)7(11)6(9)2-5/h1-3,11H. The Morgan fingerprint density at radius 3 is 2.73 bits per heavy atom. The minimum Gasteiger partial charge on any atom is -0.506 e. The highest BCUT2D eigenvalue weighted by molar-refractivity contribution is 9.10. The topological polar surface area (TPSA) is 37.3 Å². The predicted molar refractivity (Wildman–Crippen MR) is 46.6 cm³/mol. The van der Waals surface area contributed by atoms with Crippen molar-refractivity contribution in [3.05, 3.63) is 22.2 Å². The second-order valence-electron chi connectivity index (χ2n) is 2.06. The number of phenols is 1. The zero-order chi connectivity index (χ0) is 8.43. The maximum Gasteiger partial charge on any atom is 0.153 e. The van der Waals surface area contributed by atoms with Crippen molar-refractivity contribution in [3.63, 3.8) is 0 Å². The molecule has 0 saturated heterocycles. The van der Waals surface area contributed by atoms with E-state index in [0.717, 1.165) is 0 Å². The van der Waals surface area contributed by atoms with Crippen molar-refractivity contribution < 1.29 is 9.90 Å². The second-order valence-corrected chi connectivity index (χ2v) is 2.91. The zero-order valence-electron chi connectivity index (χ0n) is 5.54. The molecule has 0 aliphatic heterocycles. The third kappa shape index (κ3) is 1.63. The summed E-state index contributed by atoms with van der Waals surface area (Å²) in [6, 6.07) is 2.94. The fourth-order valence-electron chi connectivity index (χ4n) is 0.732. The van der Waals surface area contributed by atoms with Crippen molar-refractivity contribution >= 4 is 35.5 Å². The van der Waals surface area contributed by atoms with Gasteiger partial charge in [0.15, 0.2) is 6.29 Å². The molecule has 1 N–H and O–H groups in total. The SMILES string of the molecule is [B]c1cc(Br)c(O)c(C=O)c1. The molecule has 1 rings (SSSR count). The number of benzene rings is 1. The van der Waals surface area contributed by atoms with Gasteiger partial charge in [-0.15, -0.1) is 0 Å². The van der Waals surface area contributed by atoms with Crippen molar-refractivity contribution in [2.45, 2.75) is 0 Å². The van der Waals surface area contributed by atoms with Crippen LogP contribution in [0.4, 0.5) is 0 Å². The molecule has 4 heteroatoms. The molecule has 0 spiro atoms. The van der Waals surface area contributed by atoms with E-state index < -0.39 is 0 Å². The van der Waals surface area contributed by atoms with Gasteiger partial charge < -0.3 is 5.11 Å². The Morgan fingerprint density at radius 1 is 1.55 bits per heavy atom. The molecule has 1 aromatic rings. The van der Waals surface area contributed by atoms with Crippen LogP contribution in [0.15, 0.2) is 16.6 Å². The second kappa shape index (κ2) is 3.09. The van der Waals surface area contributed by atoms with E-state index in [1.54, 1.807) is 0 Å². The molecule has 2 nitrogen and oxygen atoms in total. The van der Waals surface area contributed by atoms with Crippen LogP contribution in [-0.2, 0) is 0 Å². The maximum atomic E-state index is 10.3. The van der Waals surface area contributed by atoms with Crippen molar-refractivity contribution in [2.24, 2.45) is 0 Å². The molecular weight excluding hydrogens is 207 g/mol. The summed E-state index contributed by atoms with van der Waals surface area (Å²) in [6.45, 7) is 0. The molecule has 2 radical (unpaired) electrons. The number of phenolic OH excluding ortho intramolecular Hbond substituents is 1. The van der Waals surface area contributed by atoms with Gasteiger partial charge in [-0.25, -0.2) is 0 Å². The number of aldehydes is 1. The molecule has 1 aromatic carbocycles. The van der Waals surface area contributed by atoms with Crippen LogP contribution >= 0.6 is 15.9 Å². The predicted octanol–water partition coefficient (Wildman–Crippen LogP) is 0.761. The molecular formula is C7H4BBrO2. The van der Waals surface area contributed by atoms with E-state index in [1.807, 2.05) is 0 Å². The van der Waals surface area contributed by atoms with Crippen LogP contribution in [0.5, 0.6) is 5.75 Å². The number of hydrogen-bond acceptors (Lipinski definition) is 2. The molecule has 0 saturated carbocycles. The van der Waals surface area contributed by atoms with Crippen molar-refractivity contribution in [3.8, 4) is 5.75 Å². The normalized spacial score (nSPS) is 9.55. The zero-order valence-corrected chi connectivity index (χ0v) is 7.13. The molecule has 54 valence electrons. The lowest BCUT2D eigenvalue weighted by Gasteiger charge is -2.01. The lowest BCUT2D eigenvalue weighted by Crippen LogP contribution is -2.03. The van der Waals surface area contributed by atoms with Crippen molar-refractivity contribution in [1.82, 2.24) is 0 Å². The minimum absolute atomic E-state index is 0.0748. The van der Waals surface area contributed by atoms with E-state index in [0.29, 0.717) is 16.2 Å².